The smallest absolute Gasteiger partial charge is 0.343 e. The summed E-state index contributed by atoms with van der Waals surface area (Å²) in [5, 5.41) is 3.41. The van der Waals surface area contributed by atoms with Crippen molar-refractivity contribution in [3.63, 3.8) is 0 Å². The molecular weight excluding hydrogens is 382 g/mol. The molecule has 0 unspecified atom stereocenters. The molecule has 0 atom stereocenters. The molecule has 0 saturated carbocycles. The van der Waals surface area contributed by atoms with Gasteiger partial charge in [-0.1, -0.05) is 18.2 Å². The standard InChI is InChI=1S/C21H22ClNO5/c1-3-20(24)27-13-5-4-12-26-16-8-6-15(7-9-16)21(25)28-17-10-11-19(23-2)18(22)14-17/h3,6-11,14,23H,1,4-5,12-13H2,2H3. The molecule has 2 aromatic carbocycles. The van der Waals surface area contributed by atoms with E-state index in [1.165, 1.54) is 0 Å². The van der Waals surface area contributed by atoms with E-state index in [1.54, 1.807) is 49.5 Å². The normalized spacial score (nSPS) is 10.1. The third-order valence-electron chi connectivity index (χ3n) is 3.73. The summed E-state index contributed by atoms with van der Waals surface area (Å²) in [6, 6.07) is 11.6. The number of nitrogens with one attached hydrogen (secondary N) is 1. The first-order valence-electron chi connectivity index (χ1n) is 8.75. The van der Waals surface area contributed by atoms with E-state index < -0.39 is 11.9 Å². The Hall–Kier alpha value is -2.99. The summed E-state index contributed by atoms with van der Waals surface area (Å²) in [5.74, 6) is 0.0973. The molecule has 0 amide bonds. The van der Waals surface area contributed by atoms with E-state index in [-0.39, 0.29) is 0 Å². The van der Waals surface area contributed by atoms with E-state index in [4.69, 9.17) is 25.8 Å². The highest BCUT2D eigenvalue weighted by Gasteiger charge is 2.10. The molecule has 0 aromatic heterocycles. The third-order valence-corrected chi connectivity index (χ3v) is 4.04. The first-order chi connectivity index (χ1) is 13.5. The molecule has 0 radical (unpaired) electrons. The summed E-state index contributed by atoms with van der Waals surface area (Å²) in [7, 11) is 1.76. The summed E-state index contributed by atoms with van der Waals surface area (Å²) in [6.07, 6.45) is 2.56. The number of hydrogen-bond acceptors (Lipinski definition) is 6. The van der Waals surface area contributed by atoms with Crippen molar-refractivity contribution in [3.05, 3.63) is 65.7 Å². The quantitative estimate of drug-likeness (QED) is 0.273. The van der Waals surface area contributed by atoms with Crippen LogP contribution in [0.5, 0.6) is 11.5 Å². The molecule has 0 spiro atoms. The highest BCUT2D eigenvalue weighted by molar-refractivity contribution is 6.33. The van der Waals surface area contributed by atoms with Gasteiger partial charge >= 0.3 is 11.9 Å². The number of benzene rings is 2. The van der Waals surface area contributed by atoms with Gasteiger partial charge in [0.05, 0.1) is 29.5 Å². The van der Waals surface area contributed by atoms with Gasteiger partial charge in [0.25, 0.3) is 0 Å². The number of carbonyl (C=O) groups is 2. The maximum Gasteiger partial charge on any atom is 0.343 e. The number of ether oxygens (including phenoxy) is 3. The van der Waals surface area contributed by atoms with Crippen molar-refractivity contribution in [2.75, 3.05) is 25.6 Å². The predicted molar refractivity (Wildman–Crippen MR) is 108 cm³/mol. The van der Waals surface area contributed by atoms with E-state index in [1.807, 2.05) is 0 Å². The fraction of sp³-hybridized carbons (Fsp3) is 0.238. The minimum atomic E-state index is -0.483. The Kier molecular flexibility index (Phi) is 8.37. The molecule has 28 heavy (non-hydrogen) atoms. The van der Waals surface area contributed by atoms with Crippen LogP contribution in [0.3, 0.4) is 0 Å². The summed E-state index contributed by atoms with van der Waals surface area (Å²) >= 11 is 6.08. The van der Waals surface area contributed by atoms with Gasteiger partial charge in [-0.05, 0) is 49.2 Å². The average Bonchev–Trinajstić information content (AvgIpc) is 2.71. The maximum atomic E-state index is 12.2. The molecule has 1 N–H and O–H groups in total. The average molecular weight is 404 g/mol. The molecular formula is C21H22ClNO5. The topological polar surface area (TPSA) is 73.9 Å². The zero-order valence-corrected chi connectivity index (χ0v) is 16.3. The second-order valence-electron chi connectivity index (χ2n) is 5.73. The van der Waals surface area contributed by atoms with E-state index in [0.29, 0.717) is 41.7 Å². The van der Waals surface area contributed by atoms with Gasteiger partial charge in [0.2, 0.25) is 0 Å². The second-order valence-corrected chi connectivity index (χ2v) is 6.14. The van der Waals surface area contributed by atoms with Crippen molar-refractivity contribution in [1.82, 2.24) is 0 Å². The number of unbranched alkanes of at least 4 members (excludes halogenated alkanes) is 1. The molecule has 0 aliphatic carbocycles. The van der Waals surface area contributed by atoms with Crippen LogP contribution in [-0.2, 0) is 9.53 Å². The van der Waals surface area contributed by atoms with Gasteiger partial charge in [-0.2, -0.15) is 0 Å². The van der Waals surface area contributed by atoms with Gasteiger partial charge in [0.15, 0.2) is 0 Å². The predicted octanol–water partition coefficient (Wildman–Crippen LogP) is 4.49. The number of rotatable bonds is 10. The fourth-order valence-corrected chi connectivity index (χ4v) is 2.51. The lowest BCUT2D eigenvalue weighted by atomic mass is 10.2. The molecule has 0 bridgehead atoms. The summed E-state index contributed by atoms with van der Waals surface area (Å²) in [6.45, 7) is 4.14. The zero-order chi connectivity index (χ0) is 20.4. The zero-order valence-electron chi connectivity index (χ0n) is 15.6. The Morgan fingerprint density at radius 1 is 1.07 bits per heavy atom. The van der Waals surface area contributed by atoms with Crippen LogP contribution in [0.2, 0.25) is 5.02 Å². The lowest BCUT2D eigenvalue weighted by Crippen LogP contribution is -2.08. The molecule has 0 saturated heterocycles. The van der Waals surface area contributed by atoms with E-state index in [0.717, 1.165) is 18.2 Å². The number of halogens is 1. The van der Waals surface area contributed by atoms with E-state index in [9.17, 15) is 9.59 Å². The first kappa shape index (κ1) is 21.3. The van der Waals surface area contributed by atoms with Crippen LogP contribution in [0, 0.1) is 0 Å². The molecule has 6 nitrogen and oxygen atoms in total. The molecule has 148 valence electrons. The van der Waals surface area contributed by atoms with E-state index in [2.05, 4.69) is 11.9 Å². The molecule has 0 aliphatic heterocycles. The molecule has 0 fully saturated rings. The molecule has 0 aliphatic rings. The molecule has 0 heterocycles. The lowest BCUT2D eigenvalue weighted by Gasteiger charge is -2.09. The minimum Gasteiger partial charge on any atom is -0.494 e. The third kappa shape index (κ3) is 6.63. The Bertz CT molecular complexity index is 820. The highest BCUT2D eigenvalue weighted by Crippen LogP contribution is 2.27. The number of hydrogen-bond donors (Lipinski definition) is 1. The highest BCUT2D eigenvalue weighted by atomic mass is 35.5. The Morgan fingerprint density at radius 3 is 2.39 bits per heavy atom. The van der Waals surface area contributed by atoms with Crippen molar-refractivity contribution < 1.29 is 23.8 Å². The largest absolute Gasteiger partial charge is 0.494 e. The molecule has 2 rings (SSSR count). The van der Waals surface area contributed by atoms with E-state index >= 15 is 0 Å². The lowest BCUT2D eigenvalue weighted by molar-refractivity contribution is -0.137. The van der Waals surface area contributed by atoms with Gasteiger partial charge in [-0.3, -0.25) is 0 Å². The Labute approximate surface area is 169 Å². The van der Waals surface area contributed by atoms with Crippen molar-refractivity contribution in [2.24, 2.45) is 0 Å². The molecule has 7 heteroatoms. The summed E-state index contributed by atoms with van der Waals surface area (Å²) in [4.78, 5) is 23.1. The second kappa shape index (κ2) is 11.0. The van der Waals surface area contributed by atoms with Gasteiger partial charge in [0.1, 0.15) is 11.5 Å². The van der Waals surface area contributed by atoms with Crippen LogP contribution in [0.1, 0.15) is 23.2 Å². The van der Waals surface area contributed by atoms with Crippen molar-refractivity contribution in [1.29, 1.82) is 0 Å². The Morgan fingerprint density at radius 2 is 1.75 bits per heavy atom. The number of anilines is 1. The summed E-state index contributed by atoms with van der Waals surface area (Å²) in [5.41, 5.74) is 1.15. The van der Waals surface area contributed by atoms with Crippen LogP contribution >= 0.6 is 11.6 Å². The van der Waals surface area contributed by atoms with Crippen LogP contribution in [0.15, 0.2) is 55.1 Å². The molecule has 2 aromatic rings. The SMILES string of the molecule is C=CC(=O)OCCCCOc1ccc(C(=O)Oc2ccc(NC)c(Cl)c2)cc1. The van der Waals surface area contributed by atoms with Gasteiger partial charge < -0.3 is 19.5 Å². The maximum absolute atomic E-state index is 12.2. The first-order valence-corrected chi connectivity index (χ1v) is 9.13. The van der Waals surface area contributed by atoms with Crippen molar-refractivity contribution in [2.45, 2.75) is 12.8 Å². The van der Waals surface area contributed by atoms with Gasteiger partial charge in [-0.15, -0.1) is 0 Å². The minimum absolute atomic E-state index is 0.332. The van der Waals surface area contributed by atoms with Gasteiger partial charge in [0, 0.05) is 19.2 Å². The Balaban J connectivity index is 1.78. The number of carbonyl (C=O) groups excluding carboxylic acids is 2. The van der Waals surface area contributed by atoms with Gasteiger partial charge in [-0.25, -0.2) is 9.59 Å². The van der Waals surface area contributed by atoms with Crippen molar-refractivity contribution >= 4 is 29.2 Å². The summed E-state index contributed by atoms with van der Waals surface area (Å²) < 4.78 is 15.8. The monoisotopic (exact) mass is 403 g/mol. The van der Waals surface area contributed by atoms with Crippen LogP contribution in [0.25, 0.3) is 0 Å². The number of esters is 2. The van der Waals surface area contributed by atoms with Crippen LogP contribution < -0.4 is 14.8 Å². The van der Waals surface area contributed by atoms with Crippen molar-refractivity contribution in [3.8, 4) is 11.5 Å². The fourth-order valence-electron chi connectivity index (χ4n) is 2.24. The van der Waals surface area contributed by atoms with Crippen LogP contribution in [0.4, 0.5) is 5.69 Å². The van der Waals surface area contributed by atoms with Crippen LogP contribution in [-0.4, -0.2) is 32.2 Å².